The van der Waals surface area contributed by atoms with Crippen molar-refractivity contribution in [1.82, 2.24) is 9.62 Å². The van der Waals surface area contributed by atoms with Crippen LogP contribution in [0.4, 0.5) is 0 Å². The van der Waals surface area contributed by atoms with Crippen molar-refractivity contribution in [2.75, 3.05) is 26.7 Å². The predicted molar refractivity (Wildman–Crippen MR) is 110 cm³/mol. The lowest BCUT2D eigenvalue weighted by Gasteiger charge is -2.16. The number of carbonyl (C=O) groups is 2. The number of esters is 1. The lowest BCUT2D eigenvalue weighted by molar-refractivity contribution is -0.140. The third-order valence-corrected chi connectivity index (χ3v) is 7.29. The number of benzene rings is 1. The minimum atomic E-state index is -3.56. The van der Waals surface area contributed by atoms with Crippen LogP contribution in [0.3, 0.4) is 0 Å². The molecule has 1 fully saturated rings. The quantitative estimate of drug-likeness (QED) is 0.415. The van der Waals surface area contributed by atoms with E-state index in [0.29, 0.717) is 36.1 Å². The van der Waals surface area contributed by atoms with Gasteiger partial charge in [-0.1, -0.05) is 12.8 Å². The van der Waals surface area contributed by atoms with Gasteiger partial charge in [0.25, 0.3) is 5.91 Å². The van der Waals surface area contributed by atoms with E-state index in [4.69, 9.17) is 0 Å². The van der Waals surface area contributed by atoms with Crippen molar-refractivity contribution in [2.45, 2.75) is 49.8 Å². The highest BCUT2D eigenvalue weighted by Gasteiger charge is 2.28. The number of carbonyl (C=O) groups excluding carboxylic acids is 2. The molecule has 1 aliphatic heterocycles. The number of nitrogens with one attached hydrogen (secondary N) is 1. The fraction of sp³-hybridized carbons (Fsp3) is 0.579. The Bertz CT molecular complexity index is 792. The lowest BCUT2D eigenvalue weighted by Crippen LogP contribution is -2.29. The van der Waals surface area contributed by atoms with Crippen LogP contribution in [-0.2, 0) is 19.6 Å². The fourth-order valence-corrected chi connectivity index (χ4v) is 5.03. The molecule has 1 aromatic carbocycles. The first kappa shape index (κ1) is 22.8. The molecule has 0 aliphatic carbocycles. The molecule has 1 aromatic rings. The summed E-state index contributed by atoms with van der Waals surface area (Å²) >= 11 is 3.33. The number of ether oxygens (including phenoxy) is 1. The van der Waals surface area contributed by atoms with Gasteiger partial charge in [0.2, 0.25) is 10.0 Å². The molecule has 0 radical (unpaired) electrons. The van der Waals surface area contributed by atoms with E-state index in [9.17, 15) is 18.0 Å². The highest BCUT2D eigenvalue weighted by atomic mass is 79.9. The Hall–Kier alpha value is -1.45. The molecule has 0 spiro atoms. The summed E-state index contributed by atoms with van der Waals surface area (Å²) in [4.78, 5) is 23.6. The Kier molecular flexibility index (Phi) is 8.91. The number of hydrogen-bond acceptors (Lipinski definition) is 5. The second-order valence-electron chi connectivity index (χ2n) is 6.75. The van der Waals surface area contributed by atoms with Gasteiger partial charge in [-0.2, -0.15) is 4.31 Å². The molecule has 1 N–H and O–H groups in total. The lowest BCUT2D eigenvalue weighted by atomic mass is 10.1. The van der Waals surface area contributed by atoms with Gasteiger partial charge in [0.05, 0.1) is 17.6 Å². The summed E-state index contributed by atoms with van der Waals surface area (Å²) < 4.78 is 32.0. The van der Waals surface area contributed by atoms with Gasteiger partial charge in [0.1, 0.15) is 0 Å². The van der Waals surface area contributed by atoms with E-state index < -0.39 is 10.0 Å². The van der Waals surface area contributed by atoms with Gasteiger partial charge in [-0.15, -0.1) is 0 Å². The van der Waals surface area contributed by atoms with E-state index in [1.54, 1.807) is 6.07 Å². The topological polar surface area (TPSA) is 92.8 Å². The second-order valence-corrected chi connectivity index (χ2v) is 9.54. The number of amides is 1. The first-order valence-electron chi connectivity index (χ1n) is 9.51. The maximum absolute atomic E-state index is 12.7. The smallest absolute Gasteiger partial charge is 0.305 e. The number of hydrogen-bond donors (Lipinski definition) is 1. The molecule has 0 unspecified atom stereocenters. The van der Waals surface area contributed by atoms with Crippen molar-refractivity contribution in [3.05, 3.63) is 28.2 Å². The largest absolute Gasteiger partial charge is 0.469 e. The second kappa shape index (κ2) is 10.9. The highest BCUT2D eigenvalue weighted by molar-refractivity contribution is 9.10. The van der Waals surface area contributed by atoms with Crippen LogP contribution in [0.5, 0.6) is 0 Å². The Balaban J connectivity index is 1.87. The van der Waals surface area contributed by atoms with Gasteiger partial charge >= 0.3 is 5.97 Å². The van der Waals surface area contributed by atoms with E-state index in [0.717, 1.165) is 38.5 Å². The fourth-order valence-electron chi connectivity index (χ4n) is 3.06. The van der Waals surface area contributed by atoms with Gasteiger partial charge in [-0.3, -0.25) is 9.59 Å². The summed E-state index contributed by atoms with van der Waals surface area (Å²) in [5.41, 5.74) is 0.311. The van der Waals surface area contributed by atoms with Crippen molar-refractivity contribution in [1.29, 1.82) is 0 Å². The Morgan fingerprint density at radius 3 is 2.50 bits per heavy atom. The normalized spacial score (nSPS) is 14.8. The average molecular weight is 475 g/mol. The molecule has 28 heavy (non-hydrogen) atoms. The number of unbranched alkanes of at least 4 members (excludes halogenated alkanes) is 3. The molecule has 156 valence electrons. The van der Waals surface area contributed by atoms with Gasteiger partial charge in [0, 0.05) is 30.5 Å². The average Bonchev–Trinajstić information content (AvgIpc) is 3.22. The SMILES string of the molecule is COC(=O)CCCCCCNC(=O)c1cc(S(=O)(=O)N2CCCC2)ccc1Br. The third-order valence-electron chi connectivity index (χ3n) is 4.71. The zero-order valence-electron chi connectivity index (χ0n) is 16.1. The van der Waals surface area contributed by atoms with E-state index in [2.05, 4.69) is 26.0 Å². The van der Waals surface area contributed by atoms with Crippen molar-refractivity contribution in [3.63, 3.8) is 0 Å². The van der Waals surface area contributed by atoms with Crippen LogP contribution in [0.25, 0.3) is 0 Å². The molecular formula is C19H27BrN2O5S. The molecule has 1 saturated heterocycles. The Morgan fingerprint density at radius 2 is 1.82 bits per heavy atom. The molecular weight excluding hydrogens is 448 g/mol. The molecule has 1 heterocycles. The third kappa shape index (κ3) is 6.28. The summed E-state index contributed by atoms with van der Waals surface area (Å²) in [6, 6.07) is 4.56. The molecule has 9 heteroatoms. The first-order valence-corrected chi connectivity index (χ1v) is 11.7. The number of halogens is 1. The van der Waals surface area contributed by atoms with Crippen molar-refractivity contribution in [2.24, 2.45) is 0 Å². The Labute approximate surface area is 175 Å². The molecule has 0 aromatic heterocycles. The maximum Gasteiger partial charge on any atom is 0.305 e. The number of sulfonamides is 1. The zero-order chi connectivity index (χ0) is 20.6. The maximum atomic E-state index is 12.7. The van der Waals surface area contributed by atoms with Gasteiger partial charge in [-0.05, 0) is 59.8 Å². The van der Waals surface area contributed by atoms with E-state index in [1.165, 1.54) is 23.5 Å². The first-order chi connectivity index (χ1) is 13.4. The number of rotatable bonds is 10. The van der Waals surface area contributed by atoms with E-state index in [1.807, 2.05) is 0 Å². The van der Waals surface area contributed by atoms with E-state index in [-0.39, 0.29) is 16.8 Å². The summed E-state index contributed by atoms with van der Waals surface area (Å²) in [7, 11) is -2.19. The molecule has 1 amide bonds. The van der Waals surface area contributed by atoms with Gasteiger partial charge in [0.15, 0.2) is 0 Å². The van der Waals surface area contributed by atoms with Crippen LogP contribution < -0.4 is 5.32 Å². The zero-order valence-corrected chi connectivity index (χ0v) is 18.5. The number of methoxy groups -OCH3 is 1. The molecule has 0 saturated carbocycles. The molecule has 1 aliphatic rings. The molecule has 7 nitrogen and oxygen atoms in total. The van der Waals surface area contributed by atoms with Crippen molar-refractivity contribution >= 4 is 37.8 Å². The van der Waals surface area contributed by atoms with Crippen LogP contribution in [0.15, 0.2) is 27.6 Å². The van der Waals surface area contributed by atoms with Crippen LogP contribution in [0, 0.1) is 0 Å². The van der Waals surface area contributed by atoms with Crippen molar-refractivity contribution < 1.29 is 22.7 Å². The van der Waals surface area contributed by atoms with Crippen LogP contribution >= 0.6 is 15.9 Å². The van der Waals surface area contributed by atoms with Gasteiger partial charge < -0.3 is 10.1 Å². The van der Waals surface area contributed by atoms with E-state index >= 15 is 0 Å². The summed E-state index contributed by atoms with van der Waals surface area (Å²) in [6.07, 6.45) is 5.47. The molecule has 0 bridgehead atoms. The minimum Gasteiger partial charge on any atom is -0.469 e. The summed E-state index contributed by atoms with van der Waals surface area (Å²) in [6.45, 7) is 1.54. The molecule has 2 rings (SSSR count). The van der Waals surface area contributed by atoms with Gasteiger partial charge in [-0.25, -0.2) is 8.42 Å². The minimum absolute atomic E-state index is 0.144. The highest BCUT2D eigenvalue weighted by Crippen LogP contribution is 2.25. The standard InChI is InChI=1S/C19H27BrN2O5S/c1-27-18(23)8-4-2-3-5-11-21-19(24)16-14-15(9-10-17(16)20)28(25,26)22-12-6-7-13-22/h9-10,14H,2-8,11-13H2,1H3,(H,21,24). The van der Waals surface area contributed by atoms with Crippen LogP contribution in [0.2, 0.25) is 0 Å². The van der Waals surface area contributed by atoms with Crippen molar-refractivity contribution in [3.8, 4) is 0 Å². The van der Waals surface area contributed by atoms with Crippen LogP contribution in [-0.4, -0.2) is 51.3 Å². The summed E-state index contributed by atoms with van der Waals surface area (Å²) in [5.74, 6) is -0.512. The summed E-state index contributed by atoms with van der Waals surface area (Å²) in [5, 5.41) is 2.83. The monoisotopic (exact) mass is 474 g/mol. The Morgan fingerprint density at radius 1 is 1.14 bits per heavy atom. The van der Waals surface area contributed by atoms with Crippen LogP contribution in [0.1, 0.15) is 55.3 Å². The predicted octanol–water partition coefficient (Wildman–Crippen LogP) is 3.09. The number of nitrogens with zero attached hydrogens (tertiary/aromatic N) is 1. The molecule has 0 atom stereocenters.